The second-order valence-electron chi connectivity index (χ2n) is 4.83. The molecule has 5 nitrogen and oxygen atoms in total. The lowest BCUT2D eigenvalue weighted by atomic mass is 10.3. The average Bonchev–Trinajstić information content (AvgIpc) is 2.72. The van der Waals surface area contributed by atoms with Crippen molar-refractivity contribution in [2.75, 3.05) is 32.5 Å². The Kier molecular flexibility index (Phi) is 4.15. The second kappa shape index (κ2) is 5.82. The van der Waals surface area contributed by atoms with Crippen molar-refractivity contribution in [2.45, 2.75) is 19.8 Å². The summed E-state index contributed by atoms with van der Waals surface area (Å²) in [6, 6.07) is 4.03. The van der Waals surface area contributed by atoms with E-state index in [-0.39, 0.29) is 0 Å². The van der Waals surface area contributed by atoms with Crippen LogP contribution in [0.1, 0.15) is 18.4 Å². The minimum atomic E-state index is 0.717. The van der Waals surface area contributed by atoms with Crippen molar-refractivity contribution in [3.63, 3.8) is 0 Å². The van der Waals surface area contributed by atoms with Crippen molar-refractivity contribution in [3.05, 3.63) is 23.9 Å². The van der Waals surface area contributed by atoms with Gasteiger partial charge in [0.25, 0.3) is 0 Å². The molecule has 0 atom stereocenters. The van der Waals surface area contributed by atoms with Crippen LogP contribution in [0.2, 0.25) is 0 Å². The number of unbranched alkanes of at least 4 members (excludes halogenated alkanes) is 1. The van der Waals surface area contributed by atoms with Crippen LogP contribution < -0.4 is 5.32 Å². The van der Waals surface area contributed by atoms with E-state index in [1.807, 2.05) is 29.8 Å². The maximum Gasteiger partial charge on any atom is 0.243 e. The van der Waals surface area contributed by atoms with Gasteiger partial charge in [-0.3, -0.25) is 0 Å². The molecule has 0 fully saturated rings. The number of pyridine rings is 1. The first-order valence-electron chi connectivity index (χ1n) is 6.37. The highest BCUT2D eigenvalue weighted by molar-refractivity contribution is 5.49. The Balaban J connectivity index is 1.87. The van der Waals surface area contributed by atoms with E-state index in [1.165, 1.54) is 6.42 Å². The molecule has 98 valence electrons. The fraction of sp³-hybridized carbons (Fsp3) is 0.538. The van der Waals surface area contributed by atoms with Gasteiger partial charge in [0.1, 0.15) is 0 Å². The fourth-order valence-electron chi connectivity index (χ4n) is 1.87. The normalized spacial score (nSPS) is 11.3. The van der Waals surface area contributed by atoms with Gasteiger partial charge in [-0.1, -0.05) is 6.07 Å². The van der Waals surface area contributed by atoms with Gasteiger partial charge in [-0.15, -0.1) is 5.10 Å². The molecule has 1 N–H and O–H groups in total. The lowest BCUT2D eigenvalue weighted by Gasteiger charge is -2.08. The number of fused-ring (bicyclic) bond motifs is 1. The van der Waals surface area contributed by atoms with Gasteiger partial charge < -0.3 is 10.2 Å². The predicted molar refractivity (Wildman–Crippen MR) is 74.0 cm³/mol. The van der Waals surface area contributed by atoms with Crippen molar-refractivity contribution >= 4 is 11.6 Å². The molecule has 2 aromatic rings. The second-order valence-corrected chi connectivity index (χ2v) is 4.83. The van der Waals surface area contributed by atoms with Crippen LogP contribution in [-0.4, -0.2) is 46.7 Å². The van der Waals surface area contributed by atoms with Gasteiger partial charge in [0.05, 0.1) is 0 Å². The molecule has 0 saturated carbocycles. The molecule has 2 aromatic heterocycles. The molecule has 2 heterocycles. The largest absolute Gasteiger partial charge is 0.353 e. The van der Waals surface area contributed by atoms with E-state index >= 15 is 0 Å². The van der Waals surface area contributed by atoms with Crippen LogP contribution in [-0.2, 0) is 0 Å². The molecule has 2 rings (SSSR count). The molecule has 0 saturated heterocycles. The molecule has 0 aliphatic heterocycles. The average molecular weight is 247 g/mol. The van der Waals surface area contributed by atoms with Crippen LogP contribution in [0, 0.1) is 6.92 Å². The zero-order chi connectivity index (χ0) is 13.0. The van der Waals surface area contributed by atoms with Gasteiger partial charge in [0.15, 0.2) is 5.65 Å². The van der Waals surface area contributed by atoms with Crippen LogP contribution in [0.15, 0.2) is 18.3 Å². The number of anilines is 1. The van der Waals surface area contributed by atoms with Gasteiger partial charge >= 0.3 is 0 Å². The first-order valence-corrected chi connectivity index (χ1v) is 6.37. The lowest BCUT2D eigenvalue weighted by Crippen LogP contribution is -2.14. The van der Waals surface area contributed by atoms with Gasteiger partial charge in [-0.05, 0) is 52.0 Å². The van der Waals surface area contributed by atoms with Gasteiger partial charge in [-0.2, -0.15) is 4.98 Å². The third kappa shape index (κ3) is 3.20. The maximum absolute atomic E-state index is 4.48. The van der Waals surface area contributed by atoms with E-state index in [1.54, 1.807) is 0 Å². The Morgan fingerprint density at radius 3 is 2.89 bits per heavy atom. The number of aromatic nitrogens is 3. The summed E-state index contributed by atoms with van der Waals surface area (Å²) in [7, 11) is 4.19. The van der Waals surface area contributed by atoms with Gasteiger partial charge in [0.2, 0.25) is 5.95 Å². The molecule has 5 heteroatoms. The number of hydrogen-bond donors (Lipinski definition) is 1. The van der Waals surface area contributed by atoms with Crippen LogP contribution in [0.5, 0.6) is 0 Å². The number of nitrogens with one attached hydrogen (secondary N) is 1. The van der Waals surface area contributed by atoms with E-state index in [0.717, 1.165) is 30.7 Å². The van der Waals surface area contributed by atoms with Crippen molar-refractivity contribution < 1.29 is 0 Å². The highest BCUT2D eigenvalue weighted by atomic mass is 15.3. The lowest BCUT2D eigenvalue weighted by molar-refractivity contribution is 0.396. The summed E-state index contributed by atoms with van der Waals surface area (Å²) >= 11 is 0. The van der Waals surface area contributed by atoms with E-state index in [0.29, 0.717) is 5.95 Å². The molecule has 0 aliphatic rings. The van der Waals surface area contributed by atoms with E-state index in [2.05, 4.69) is 34.4 Å². The molecule has 18 heavy (non-hydrogen) atoms. The van der Waals surface area contributed by atoms with Gasteiger partial charge in [0, 0.05) is 12.7 Å². The smallest absolute Gasteiger partial charge is 0.243 e. The Hall–Kier alpha value is -1.62. The molecule has 0 bridgehead atoms. The molecular weight excluding hydrogens is 226 g/mol. The Morgan fingerprint density at radius 2 is 2.17 bits per heavy atom. The van der Waals surface area contributed by atoms with E-state index in [4.69, 9.17) is 0 Å². The Labute approximate surface area is 108 Å². The number of nitrogens with zero attached hydrogens (tertiary/aromatic N) is 4. The van der Waals surface area contributed by atoms with Crippen molar-refractivity contribution in [1.29, 1.82) is 0 Å². The third-order valence-electron chi connectivity index (χ3n) is 2.87. The summed E-state index contributed by atoms with van der Waals surface area (Å²) in [5.74, 6) is 0.717. The monoisotopic (exact) mass is 247 g/mol. The summed E-state index contributed by atoms with van der Waals surface area (Å²) in [4.78, 5) is 6.68. The molecule has 0 unspecified atom stereocenters. The summed E-state index contributed by atoms with van der Waals surface area (Å²) < 4.78 is 1.82. The Morgan fingerprint density at radius 1 is 1.33 bits per heavy atom. The van der Waals surface area contributed by atoms with Crippen molar-refractivity contribution in [2.24, 2.45) is 0 Å². The van der Waals surface area contributed by atoms with E-state index in [9.17, 15) is 0 Å². The van der Waals surface area contributed by atoms with Crippen molar-refractivity contribution in [3.8, 4) is 0 Å². The molecule has 0 aliphatic carbocycles. The summed E-state index contributed by atoms with van der Waals surface area (Å²) in [6.45, 7) is 4.09. The SMILES string of the molecule is Cc1cccn2nc(NCCCCN(C)C)nc12. The van der Waals surface area contributed by atoms with Gasteiger partial charge in [-0.25, -0.2) is 4.52 Å². The molecule has 0 aromatic carbocycles. The molecule has 0 amide bonds. The quantitative estimate of drug-likeness (QED) is 0.791. The minimum Gasteiger partial charge on any atom is -0.353 e. The summed E-state index contributed by atoms with van der Waals surface area (Å²) in [5, 5.41) is 7.66. The number of hydrogen-bond acceptors (Lipinski definition) is 4. The zero-order valence-corrected chi connectivity index (χ0v) is 11.3. The molecular formula is C13H21N5. The van der Waals surface area contributed by atoms with Crippen LogP contribution in [0.25, 0.3) is 5.65 Å². The predicted octanol–water partition coefficient (Wildman–Crippen LogP) is 1.79. The minimum absolute atomic E-state index is 0.717. The van der Waals surface area contributed by atoms with E-state index < -0.39 is 0 Å². The topological polar surface area (TPSA) is 45.5 Å². The number of rotatable bonds is 6. The number of aryl methyl sites for hydroxylation is 1. The first-order chi connectivity index (χ1) is 8.66. The summed E-state index contributed by atoms with van der Waals surface area (Å²) in [5.41, 5.74) is 2.07. The summed E-state index contributed by atoms with van der Waals surface area (Å²) in [6.07, 6.45) is 4.24. The molecule has 0 radical (unpaired) electrons. The van der Waals surface area contributed by atoms with Crippen LogP contribution in [0.4, 0.5) is 5.95 Å². The Bertz CT molecular complexity index is 503. The first kappa shape index (κ1) is 12.8. The van der Waals surface area contributed by atoms with Crippen LogP contribution in [0.3, 0.4) is 0 Å². The highest BCUT2D eigenvalue weighted by Gasteiger charge is 2.04. The standard InChI is InChI=1S/C13H21N5/c1-11-7-6-10-18-12(11)15-13(16-18)14-8-4-5-9-17(2)3/h6-7,10H,4-5,8-9H2,1-3H3,(H,14,16). The maximum atomic E-state index is 4.48. The highest BCUT2D eigenvalue weighted by Crippen LogP contribution is 2.09. The van der Waals surface area contributed by atoms with Crippen LogP contribution >= 0.6 is 0 Å². The fourth-order valence-corrected chi connectivity index (χ4v) is 1.87. The molecule has 0 spiro atoms. The third-order valence-corrected chi connectivity index (χ3v) is 2.87. The van der Waals surface area contributed by atoms with Crippen molar-refractivity contribution in [1.82, 2.24) is 19.5 Å². The zero-order valence-electron chi connectivity index (χ0n) is 11.3.